The number of fused-ring (bicyclic) bond motifs is 1. The van der Waals surface area contributed by atoms with Crippen LogP contribution in [-0.2, 0) is 4.79 Å². The molecule has 2 nitrogen and oxygen atoms in total. The maximum atomic E-state index is 11.8. The highest BCUT2D eigenvalue weighted by Crippen LogP contribution is 2.57. The van der Waals surface area contributed by atoms with Crippen LogP contribution in [0.25, 0.3) is 0 Å². The number of carbonyl (C=O) groups excluding carboxylic acids is 1. The van der Waals surface area contributed by atoms with E-state index in [9.17, 15) is 4.79 Å². The Kier molecular flexibility index (Phi) is 4.68. The molecule has 2 fully saturated rings. The predicted molar refractivity (Wildman–Crippen MR) is 69.6 cm³/mol. The number of carbonyl (C=O) groups is 1. The molecule has 2 aliphatic carbocycles. The number of unbranched alkanes of at least 4 members (excludes halogenated alkanes) is 3. The molecule has 92 valence electrons. The first-order valence-corrected chi connectivity index (χ1v) is 7.80. The number of halogens is 1. The summed E-state index contributed by atoms with van der Waals surface area (Å²) in [7, 11) is 0. The summed E-state index contributed by atoms with van der Waals surface area (Å²) in [5.41, 5.74) is 0. The molecule has 0 heterocycles. The Morgan fingerprint density at radius 1 is 1.12 bits per heavy atom. The molecule has 2 rings (SSSR count). The van der Waals surface area contributed by atoms with Crippen LogP contribution in [0.3, 0.4) is 0 Å². The largest absolute Gasteiger partial charge is 0.356 e. The molecule has 0 spiro atoms. The summed E-state index contributed by atoms with van der Waals surface area (Å²) in [6.07, 6.45) is 8.86. The van der Waals surface area contributed by atoms with E-state index in [2.05, 4.69) is 21.2 Å². The van der Waals surface area contributed by atoms with Gasteiger partial charge in [0, 0.05) is 17.8 Å². The van der Waals surface area contributed by atoms with Gasteiger partial charge in [-0.3, -0.25) is 4.79 Å². The van der Waals surface area contributed by atoms with Gasteiger partial charge in [0.1, 0.15) is 0 Å². The van der Waals surface area contributed by atoms with Crippen LogP contribution in [0.4, 0.5) is 0 Å². The quantitative estimate of drug-likeness (QED) is 0.566. The van der Waals surface area contributed by atoms with Crippen molar-refractivity contribution in [2.75, 3.05) is 11.9 Å². The molecule has 0 aliphatic heterocycles. The van der Waals surface area contributed by atoms with Crippen molar-refractivity contribution in [1.82, 2.24) is 5.32 Å². The molecule has 2 unspecified atom stereocenters. The van der Waals surface area contributed by atoms with Crippen molar-refractivity contribution in [3.63, 3.8) is 0 Å². The van der Waals surface area contributed by atoms with Gasteiger partial charge < -0.3 is 5.32 Å². The monoisotopic (exact) mass is 287 g/mol. The first-order chi connectivity index (χ1) is 7.84. The molecule has 1 amide bonds. The summed E-state index contributed by atoms with van der Waals surface area (Å²) in [5, 5.41) is 4.20. The summed E-state index contributed by atoms with van der Waals surface area (Å²) in [6, 6.07) is 0. The molecule has 3 heteroatoms. The van der Waals surface area contributed by atoms with Crippen molar-refractivity contribution < 1.29 is 4.79 Å². The van der Waals surface area contributed by atoms with Crippen molar-refractivity contribution in [3.8, 4) is 0 Å². The summed E-state index contributed by atoms with van der Waals surface area (Å²) in [5.74, 6) is 2.26. The van der Waals surface area contributed by atoms with Gasteiger partial charge in [0.15, 0.2) is 0 Å². The number of hydrogen-bond acceptors (Lipinski definition) is 1. The molecule has 0 aromatic heterocycles. The van der Waals surface area contributed by atoms with Crippen molar-refractivity contribution in [1.29, 1.82) is 0 Å². The third-order valence-corrected chi connectivity index (χ3v) is 4.63. The summed E-state index contributed by atoms with van der Waals surface area (Å²) >= 11 is 3.43. The first kappa shape index (κ1) is 12.4. The molecule has 2 atom stereocenters. The molecular weight excluding hydrogens is 266 g/mol. The summed E-state index contributed by atoms with van der Waals surface area (Å²) in [4.78, 5) is 11.8. The maximum Gasteiger partial charge on any atom is 0.223 e. The lowest BCUT2D eigenvalue weighted by Gasteiger charge is -2.06. The minimum Gasteiger partial charge on any atom is -0.356 e. The van der Waals surface area contributed by atoms with E-state index in [-0.39, 0.29) is 0 Å². The van der Waals surface area contributed by atoms with E-state index in [4.69, 9.17) is 0 Å². The van der Waals surface area contributed by atoms with Crippen LogP contribution < -0.4 is 5.32 Å². The van der Waals surface area contributed by atoms with Crippen LogP contribution >= 0.6 is 15.9 Å². The Labute approximate surface area is 107 Å². The second kappa shape index (κ2) is 6.04. The van der Waals surface area contributed by atoms with Gasteiger partial charge in [-0.05, 0) is 37.5 Å². The van der Waals surface area contributed by atoms with Gasteiger partial charge in [-0.2, -0.15) is 0 Å². The molecule has 1 N–H and O–H groups in total. The number of amides is 1. The minimum absolute atomic E-state index is 0.343. The van der Waals surface area contributed by atoms with E-state index in [1.807, 2.05) is 0 Å². The average Bonchev–Trinajstić information content (AvgIpc) is 2.77. The molecule has 2 aliphatic rings. The molecule has 2 saturated carbocycles. The van der Waals surface area contributed by atoms with Gasteiger partial charge in [0.05, 0.1) is 0 Å². The molecule has 16 heavy (non-hydrogen) atoms. The van der Waals surface area contributed by atoms with Gasteiger partial charge in [-0.25, -0.2) is 0 Å². The fraction of sp³-hybridized carbons (Fsp3) is 0.923. The molecular formula is C13H22BrNO. The zero-order valence-electron chi connectivity index (χ0n) is 9.88. The van der Waals surface area contributed by atoms with Crippen molar-refractivity contribution in [2.24, 2.45) is 17.8 Å². The maximum absolute atomic E-state index is 11.8. The number of alkyl halides is 1. The molecule has 0 aromatic carbocycles. The highest BCUT2D eigenvalue weighted by Gasteiger charge is 2.56. The van der Waals surface area contributed by atoms with Crippen molar-refractivity contribution >= 4 is 21.8 Å². The second-order valence-corrected chi connectivity index (χ2v) is 5.97. The number of rotatable bonds is 7. The topological polar surface area (TPSA) is 29.1 Å². The van der Waals surface area contributed by atoms with E-state index >= 15 is 0 Å². The Balaban J connectivity index is 1.49. The van der Waals surface area contributed by atoms with Gasteiger partial charge in [0.25, 0.3) is 0 Å². The standard InChI is InChI=1S/C13H22BrNO/c14-8-3-1-2-4-9-15-13(16)12-10-6-5-7-11(10)12/h10-12H,1-9H2,(H,15,16). The van der Waals surface area contributed by atoms with E-state index < -0.39 is 0 Å². The lowest BCUT2D eigenvalue weighted by molar-refractivity contribution is -0.123. The molecule has 0 saturated heterocycles. The fourth-order valence-corrected chi connectivity index (χ4v) is 3.51. The normalized spacial score (nSPS) is 31.2. The number of nitrogens with one attached hydrogen (secondary N) is 1. The lowest BCUT2D eigenvalue weighted by Crippen LogP contribution is -2.27. The van der Waals surface area contributed by atoms with Crippen molar-refractivity contribution in [3.05, 3.63) is 0 Å². The minimum atomic E-state index is 0.343. The predicted octanol–water partition coefficient (Wildman–Crippen LogP) is 3.10. The van der Waals surface area contributed by atoms with Crippen LogP contribution in [-0.4, -0.2) is 17.8 Å². The van der Waals surface area contributed by atoms with Gasteiger partial charge in [0.2, 0.25) is 5.91 Å². The van der Waals surface area contributed by atoms with Crippen LogP contribution in [0.15, 0.2) is 0 Å². The fourth-order valence-electron chi connectivity index (χ4n) is 3.11. The molecule has 0 bridgehead atoms. The third-order valence-electron chi connectivity index (χ3n) is 4.07. The third kappa shape index (κ3) is 2.99. The van der Waals surface area contributed by atoms with Crippen LogP contribution in [0, 0.1) is 17.8 Å². The summed E-state index contributed by atoms with van der Waals surface area (Å²) < 4.78 is 0. The Morgan fingerprint density at radius 2 is 1.81 bits per heavy atom. The van der Waals surface area contributed by atoms with Crippen LogP contribution in [0.5, 0.6) is 0 Å². The Morgan fingerprint density at radius 3 is 2.50 bits per heavy atom. The highest BCUT2D eigenvalue weighted by molar-refractivity contribution is 9.09. The van der Waals surface area contributed by atoms with E-state index in [1.165, 1.54) is 38.5 Å². The van der Waals surface area contributed by atoms with E-state index in [1.54, 1.807) is 0 Å². The van der Waals surface area contributed by atoms with Crippen molar-refractivity contribution in [2.45, 2.75) is 44.9 Å². The molecule has 0 radical (unpaired) electrons. The van der Waals surface area contributed by atoms with E-state index in [0.717, 1.165) is 30.1 Å². The van der Waals surface area contributed by atoms with Gasteiger partial charge >= 0.3 is 0 Å². The first-order valence-electron chi connectivity index (χ1n) is 6.68. The van der Waals surface area contributed by atoms with Crippen LogP contribution in [0.1, 0.15) is 44.9 Å². The molecule has 0 aromatic rings. The van der Waals surface area contributed by atoms with Gasteiger partial charge in [-0.1, -0.05) is 35.2 Å². The zero-order chi connectivity index (χ0) is 11.4. The van der Waals surface area contributed by atoms with Gasteiger partial charge in [-0.15, -0.1) is 0 Å². The number of hydrogen-bond donors (Lipinski definition) is 1. The summed E-state index contributed by atoms with van der Waals surface area (Å²) in [6.45, 7) is 0.886. The SMILES string of the molecule is O=C(NCCCCCCBr)C1C2CCCC21. The smallest absolute Gasteiger partial charge is 0.223 e. The average molecular weight is 288 g/mol. The second-order valence-electron chi connectivity index (χ2n) is 5.18. The Hall–Kier alpha value is -0.0500. The van der Waals surface area contributed by atoms with E-state index in [0.29, 0.717) is 11.8 Å². The highest BCUT2D eigenvalue weighted by atomic mass is 79.9. The Bertz CT molecular complexity index is 234. The van der Waals surface area contributed by atoms with Crippen LogP contribution in [0.2, 0.25) is 0 Å². The zero-order valence-corrected chi connectivity index (χ0v) is 11.5. The lowest BCUT2D eigenvalue weighted by atomic mass is 10.1.